The van der Waals surface area contributed by atoms with Crippen LogP contribution in [0.3, 0.4) is 0 Å². The molecule has 0 unspecified atom stereocenters. The number of carbonyl (C=O) groups excluding carboxylic acids is 1. The van der Waals surface area contributed by atoms with Crippen molar-refractivity contribution in [2.24, 2.45) is 10.9 Å². The van der Waals surface area contributed by atoms with Crippen LogP contribution in [0.15, 0.2) is 29.3 Å². The van der Waals surface area contributed by atoms with E-state index in [0.717, 1.165) is 24.6 Å². The number of aliphatic imine (C=N–C) groups is 1. The highest BCUT2D eigenvalue weighted by atomic mass is 16.1. The number of carbonyl (C=O) groups is 1. The van der Waals surface area contributed by atoms with Crippen LogP contribution in [-0.4, -0.2) is 32.0 Å². The monoisotopic (exact) mass is 318 g/mol. The van der Waals surface area contributed by atoms with E-state index in [1.807, 2.05) is 24.3 Å². The smallest absolute Gasteiger partial charge is 0.251 e. The maximum atomic E-state index is 11.5. The fraction of sp³-hybridized carbons (Fsp3) is 0.556. The average Bonchev–Trinajstić information content (AvgIpc) is 2.60. The number of benzene rings is 1. The molecule has 0 saturated heterocycles. The minimum absolute atomic E-state index is 0.0692. The number of amides is 1. The van der Waals surface area contributed by atoms with E-state index in [2.05, 4.69) is 41.7 Å². The second-order valence-corrected chi connectivity index (χ2v) is 5.53. The number of hydrogen-bond donors (Lipinski definition) is 3. The average molecular weight is 318 g/mol. The molecule has 1 rings (SSSR count). The zero-order valence-electron chi connectivity index (χ0n) is 14.8. The molecule has 0 radical (unpaired) electrons. The molecule has 5 heteroatoms. The standard InChI is InChI=1S/C18H30N4O/c1-5-14(6-2)12-21-18(20-7-3)22-13-15-8-10-16(11-9-15)17(23)19-4/h8-11,14H,5-7,12-13H2,1-4H3,(H,19,23)(H2,20,21,22). The predicted octanol–water partition coefficient (Wildman–Crippen LogP) is 2.54. The Morgan fingerprint density at radius 3 is 2.26 bits per heavy atom. The highest BCUT2D eigenvalue weighted by Gasteiger charge is 2.05. The van der Waals surface area contributed by atoms with Crippen LogP contribution in [0.4, 0.5) is 0 Å². The highest BCUT2D eigenvalue weighted by molar-refractivity contribution is 5.93. The van der Waals surface area contributed by atoms with Gasteiger partial charge < -0.3 is 16.0 Å². The van der Waals surface area contributed by atoms with E-state index < -0.39 is 0 Å². The van der Waals surface area contributed by atoms with Crippen LogP contribution in [0.5, 0.6) is 0 Å². The summed E-state index contributed by atoms with van der Waals surface area (Å²) in [5.41, 5.74) is 1.75. The maximum absolute atomic E-state index is 11.5. The van der Waals surface area contributed by atoms with Gasteiger partial charge in [0.05, 0.1) is 6.54 Å². The summed E-state index contributed by atoms with van der Waals surface area (Å²) in [6, 6.07) is 7.54. The molecule has 128 valence electrons. The van der Waals surface area contributed by atoms with Crippen molar-refractivity contribution in [2.45, 2.75) is 40.2 Å². The maximum Gasteiger partial charge on any atom is 0.251 e. The second kappa shape index (κ2) is 10.6. The van der Waals surface area contributed by atoms with Gasteiger partial charge in [-0.25, -0.2) is 4.99 Å². The summed E-state index contributed by atoms with van der Waals surface area (Å²) < 4.78 is 0. The number of hydrogen-bond acceptors (Lipinski definition) is 2. The fourth-order valence-corrected chi connectivity index (χ4v) is 2.24. The number of nitrogens with zero attached hydrogens (tertiary/aromatic N) is 1. The molecule has 0 aliphatic heterocycles. The van der Waals surface area contributed by atoms with E-state index in [-0.39, 0.29) is 5.91 Å². The third kappa shape index (κ3) is 6.72. The van der Waals surface area contributed by atoms with Crippen molar-refractivity contribution in [2.75, 3.05) is 20.1 Å². The van der Waals surface area contributed by atoms with E-state index in [0.29, 0.717) is 18.0 Å². The summed E-state index contributed by atoms with van der Waals surface area (Å²) in [5.74, 6) is 1.45. The zero-order chi connectivity index (χ0) is 17.1. The lowest BCUT2D eigenvalue weighted by molar-refractivity contribution is 0.0963. The van der Waals surface area contributed by atoms with Crippen molar-refractivity contribution >= 4 is 11.9 Å². The van der Waals surface area contributed by atoms with Crippen molar-refractivity contribution in [3.8, 4) is 0 Å². The molecule has 0 fully saturated rings. The van der Waals surface area contributed by atoms with Crippen LogP contribution in [0.1, 0.15) is 49.5 Å². The molecule has 3 N–H and O–H groups in total. The molecular formula is C18H30N4O. The van der Waals surface area contributed by atoms with Crippen molar-refractivity contribution in [1.29, 1.82) is 0 Å². The first-order chi connectivity index (χ1) is 11.1. The summed E-state index contributed by atoms with van der Waals surface area (Å²) in [5, 5.41) is 9.30. The Morgan fingerprint density at radius 2 is 1.74 bits per heavy atom. The van der Waals surface area contributed by atoms with Crippen LogP contribution in [0.2, 0.25) is 0 Å². The molecule has 0 saturated carbocycles. The van der Waals surface area contributed by atoms with Crippen molar-refractivity contribution in [3.05, 3.63) is 35.4 Å². The molecule has 1 aromatic rings. The van der Waals surface area contributed by atoms with Gasteiger partial charge in [0, 0.05) is 25.7 Å². The summed E-state index contributed by atoms with van der Waals surface area (Å²) in [6.07, 6.45) is 2.34. The van der Waals surface area contributed by atoms with Crippen LogP contribution < -0.4 is 16.0 Å². The van der Waals surface area contributed by atoms with Gasteiger partial charge in [0.1, 0.15) is 0 Å². The van der Waals surface area contributed by atoms with Crippen molar-refractivity contribution in [1.82, 2.24) is 16.0 Å². The van der Waals surface area contributed by atoms with Crippen molar-refractivity contribution < 1.29 is 4.79 Å². The molecule has 0 heterocycles. The lowest BCUT2D eigenvalue weighted by Crippen LogP contribution is -2.39. The SMILES string of the molecule is CCNC(=NCc1ccc(C(=O)NC)cc1)NCC(CC)CC. The summed E-state index contributed by atoms with van der Waals surface area (Å²) in [7, 11) is 1.63. The van der Waals surface area contributed by atoms with Crippen LogP contribution in [-0.2, 0) is 6.54 Å². The van der Waals surface area contributed by atoms with Crippen LogP contribution >= 0.6 is 0 Å². The van der Waals surface area contributed by atoms with E-state index in [1.54, 1.807) is 7.05 Å². The predicted molar refractivity (Wildman–Crippen MR) is 96.7 cm³/mol. The lowest BCUT2D eigenvalue weighted by Gasteiger charge is -2.16. The minimum atomic E-state index is -0.0692. The van der Waals surface area contributed by atoms with Crippen LogP contribution in [0, 0.1) is 5.92 Å². The van der Waals surface area contributed by atoms with Gasteiger partial charge in [-0.05, 0) is 30.5 Å². The first-order valence-corrected chi connectivity index (χ1v) is 8.47. The third-order valence-electron chi connectivity index (χ3n) is 3.92. The van der Waals surface area contributed by atoms with E-state index in [1.165, 1.54) is 12.8 Å². The first-order valence-electron chi connectivity index (χ1n) is 8.47. The Morgan fingerprint density at radius 1 is 1.09 bits per heavy atom. The number of nitrogens with one attached hydrogen (secondary N) is 3. The van der Waals surface area contributed by atoms with E-state index in [9.17, 15) is 4.79 Å². The Hall–Kier alpha value is -2.04. The van der Waals surface area contributed by atoms with Gasteiger partial charge in [0.15, 0.2) is 5.96 Å². The molecule has 1 aromatic carbocycles. The normalized spacial score (nSPS) is 11.4. The molecule has 0 spiro atoms. The van der Waals surface area contributed by atoms with Gasteiger partial charge in [0.2, 0.25) is 0 Å². The van der Waals surface area contributed by atoms with Gasteiger partial charge in [0.25, 0.3) is 5.91 Å². The zero-order valence-corrected chi connectivity index (χ0v) is 14.8. The largest absolute Gasteiger partial charge is 0.357 e. The quantitative estimate of drug-likeness (QED) is 0.510. The van der Waals surface area contributed by atoms with Gasteiger partial charge in [-0.15, -0.1) is 0 Å². The van der Waals surface area contributed by atoms with Gasteiger partial charge in [-0.2, -0.15) is 0 Å². The molecule has 0 aliphatic rings. The van der Waals surface area contributed by atoms with E-state index in [4.69, 9.17) is 0 Å². The molecule has 1 amide bonds. The Labute approximate surface area is 140 Å². The molecule has 0 bridgehead atoms. The van der Waals surface area contributed by atoms with Gasteiger partial charge in [-0.3, -0.25) is 4.79 Å². The van der Waals surface area contributed by atoms with Crippen molar-refractivity contribution in [3.63, 3.8) is 0 Å². The molecule has 0 aliphatic carbocycles. The molecular weight excluding hydrogens is 288 g/mol. The lowest BCUT2D eigenvalue weighted by atomic mass is 10.0. The topological polar surface area (TPSA) is 65.5 Å². The summed E-state index contributed by atoms with van der Waals surface area (Å²) in [6.45, 7) is 8.86. The Balaban J connectivity index is 2.63. The third-order valence-corrected chi connectivity index (χ3v) is 3.92. The molecule has 5 nitrogen and oxygen atoms in total. The number of rotatable bonds is 8. The van der Waals surface area contributed by atoms with Gasteiger partial charge in [-0.1, -0.05) is 38.8 Å². The Bertz CT molecular complexity index is 492. The molecule has 0 aromatic heterocycles. The second-order valence-electron chi connectivity index (χ2n) is 5.53. The summed E-state index contributed by atoms with van der Waals surface area (Å²) in [4.78, 5) is 16.1. The highest BCUT2D eigenvalue weighted by Crippen LogP contribution is 2.07. The van der Waals surface area contributed by atoms with E-state index >= 15 is 0 Å². The minimum Gasteiger partial charge on any atom is -0.357 e. The fourth-order valence-electron chi connectivity index (χ4n) is 2.24. The first kappa shape index (κ1) is 19.0. The Kier molecular flexibility index (Phi) is 8.80. The van der Waals surface area contributed by atoms with Crippen LogP contribution in [0.25, 0.3) is 0 Å². The number of guanidine groups is 1. The molecule has 0 atom stereocenters. The van der Waals surface area contributed by atoms with Gasteiger partial charge >= 0.3 is 0 Å². The summed E-state index contributed by atoms with van der Waals surface area (Å²) >= 11 is 0. The molecule has 23 heavy (non-hydrogen) atoms.